The fourth-order valence-corrected chi connectivity index (χ4v) is 3.72. The molecule has 1 N–H and O–H groups in total. The lowest BCUT2D eigenvalue weighted by molar-refractivity contribution is 0.474. The maximum atomic E-state index is 10.6. The third kappa shape index (κ3) is 4.92. The minimum atomic E-state index is -2.01. The van der Waals surface area contributed by atoms with Crippen molar-refractivity contribution in [2.75, 3.05) is 0 Å². The van der Waals surface area contributed by atoms with Crippen LogP contribution in [0.2, 0.25) is 18.1 Å². The molecule has 2 aromatic carbocycles. The molecule has 0 bridgehead atoms. The van der Waals surface area contributed by atoms with E-state index in [2.05, 4.69) is 59.2 Å². The first-order valence-corrected chi connectivity index (χ1v) is 12.4. The van der Waals surface area contributed by atoms with Crippen LogP contribution in [0.1, 0.15) is 31.9 Å². The molecule has 0 fully saturated rings. The molecule has 0 atom stereocenters. The lowest BCUT2D eigenvalue weighted by Crippen LogP contribution is -2.44. The molecule has 0 saturated carbocycles. The monoisotopic (exact) mass is 380 g/mol. The highest BCUT2D eigenvalue weighted by Crippen LogP contribution is 2.42. The van der Waals surface area contributed by atoms with Gasteiger partial charge in [-0.1, -0.05) is 45.1 Å². The molecule has 0 unspecified atom stereocenters. The second kappa shape index (κ2) is 8.18. The predicted octanol–water partition coefficient (Wildman–Crippen LogP) is 6.90. The van der Waals surface area contributed by atoms with E-state index in [9.17, 15) is 5.11 Å². The zero-order valence-electron chi connectivity index (χ0n) is 17.3. The van der Waals surface area contributed by atoms with Gasteiger partial charge in [-0.15, -0.1) is 13.2 Å². The van der Waals surface area contributed by atoms with E-state index in [1.54, 1.807) is 6.07 Å². The number of allylic oxidation sites excluding steroid dienone is 2. The van der Waals surface area contributed by atoms with Crippen molar-refractivity contribution in [2.24, 2.45) is 0 Å². The maximum absolute atomic E-state index is 10.6. The molecule has 0 saturated heterocycles. The van der Waals surface area contributed by atoms with Crippen LogP contribution < -0.4 is 4.43 Å². The Morgan fingerprint density at radius 2 is 1.44 bits per heavy atom. The molecule has 0 aliphatic carbocycles. The van der Waals surface area contributed by atoms with Gasteiger partial charge >= 0.3 is 0 Å². The van der Waals surface area contributed by atoms with Crippen LogP contribution in [-0.4, -0.2) is 13.4 Å². The molecule has 0 heterocycles. The maximum Gasteiger partial charge on any atom is 0.250 e. The average molecular weight is 381 g/mol. The molecular formula is C24H32O2Si. The van der Waals surface area contributed by atoms with Crippen LogP contribution in [0.4, 0.5) is 0 Å². The quantitative estimate of drug-likeness (QED) is 0.418. The van der Waals surface area contributed by atoms with E-state index in [1.165, 1.54) is 0 Å². The van der Waals surface area contributed by atoms with Gasteiger partial charge < -0.3 is 9.53 Å². The Balaban J connectivity index is 2.62. The van der Waals surface area contributed by atoms with E-state index in [0.717, 1.165) is 40.8 Å². The number of phenols is 1. The van der Waals surface area contributed by atoms with E-state index < -0.39 is 8.32 Å². The summed E-state index contributed by atoms with van der Waals surface area (Å²) in [5.41, 5.74) is 4.00. The number of benzene rings is 2. The van der Waals surface area contributed by atoms with Gasteiger partial charge in [-0.3, -0.25) is 0 Å². The lowest BCUT2D eigenvalue weighted by atomic mass is 9.97. The first-order valence-electron chi connectivity index (χ1n) is 9.45. The number of hydrogen-bond donors (Lipinski definition) is 1. The molecule has 0 amide bonds. The molecule has 0 spiro atoms. The Hall–Kier alpha value is -2.26. The van der Waals surface area contributed by atoms with Crippen molar-refractivity contribution in [1.29, 1.82) is 0 Å². The third-order valence-corrected chi connectivity index (χ3v) is 9.67. The molecule has 2 rings (SSSR count). The van der Waals surface area contributed by atoms with Gasteiger partial charge in [-0.2, -0.15) is 0 Å². The second-order valence-electron chi connectivity index (χ2n) is 8.53. The van der Waals surface area contributed by atoms with Crippen LogP contribution in [0.25, 0.3) is 11.1 Å². The third-order valence-electron chi connectivity index (χ3n) is 5.33. The van der Waals surface area contributed by atoms with E-state index in [0.29, 0.717) is 0 Å². The smallest absolute Gasteiger partial charge is 0.250 e. The van der Waals surface area contributed by atoms with Gasteiger partial charge in [-0.25, -0.2) is 0 Å². The van der Waals surface area contributed by atoms with Crippen LogP contribution in [0, 0.1) is 0 Å². The highest BCUT2D eigenvalue weighted by Gasteiger charge is 2.39. The standard InChI is InChI=1S/C24H32O2Si/c1-8-10-18-12-14-22(25)20(16-18)21-17-19(11-9-2)13-15-23(21)26-27(6,7)24(3,4)5/h8-9,12-17,25H,1-2,10-11H2,3-7H3. The van der Waals surface area contributed by atoms with Crippen LogP contribution in [0.5, 0.6) is 11.5 Å². The molecule has 0 aliphatic heterocycles. The summed E-state index contributed by atoms with van der Waals surface area (Å²) in [6, 6.07) is 11.9. The van der Waals surface area contributed by atoms with Crippen molar-refractivity contribution in [3.05, 3.63) is 72.8 Å². The molecule has 27 heavy (non-hydrogen) atoms. The molecule has 2 nitrogen and oxygen atoms in total. The van der Waals surface area contributed by atoms with E-state index in [1.807, 2.05) is 30.4 Å². The van der Waals surface area contributed by atoms with Gasteiger partial charge in [0.25, 0.3) is 8.32 Å². The molecule has 2 aromatic rings. The van der Waals surface area contributed by atoms with Crippen molar-refractivity contribution in [1.82, 2.24) is 0 Å². The first kappa shape index (κ1) is 21.0. The largest absolute Gasteiger partial charge is 0.543 e. The molecular weight excluding hydrogens is 348 g/mol. The fraction of sp³-hybridized carbons (Fsp3) is 0.333. The van der Waals surface area contributed by atoms with Gasteiger partial charge in [0.2, 0.25) is 0 Å². The molecule has 3 heteroatoms. The molecule has 0 radical (unpaired) electrons. The summed E-state index contributed by atoms with van der Waals surface area (Å²) in [6.45, 7) is 18.8. The fourth-order valence-electron chi connectivity index (χ4n) is 2.69. The van der Waals surface area contributed by atoms with Crippen LogP contribution >= 0.6 is 0 Å². The molecule has 144 valence electrons. The Morgan fingerprint density at radius 3 is 1.96 bits per heavy atom. The first-order chi connectivity index (χ1) is 12.6. The minimum absolute atomic E-state index is 0.0940. The zero-order chi connectivity index (χ0) is 20.2. The number of phenolic OH excluding ortho intramolecular Hbond substituents is 1. The van der Waals surface area contributed by atoms with Gasteiger partial charge in [0, 0.05) is 11.1 Å². The Labute approximate surface area is 165 Å². The van der Waals surface area contributed by atoms with Crippen molar-refractivity contribution in [3.8, 4) is 22.6 Å². The Bertz CT molecular complexity index is 829. The van der Waals surface area contributed by atoms with Crippen LogP contribution in [-0.2, 0) is 12.8 Å². The van der Waals surface area contributed by atoms with Gasteiger partial charge in [0.05, 0.1) is 0 Å². The van der Waals surface area contributed by atoms with E-state index >= 15 is 0 Å². The summed E-state index contributed by atoms with van der Waals surface area (Å²) in [5.74, 6) is 1.10. The zero-order valence-corrected chi connectivity index (χ0v) is 18.3. The van der Waals surface area contributed by atoms with E-state index in [4.69, 9.17) is 4.43 Å². The highest BCUT2D eigenvalue weighted by molar-refractivity contribution is 6.74. The Kier molecular flexibility index (Phi) is 6.37. The van der Waals surface area contributed by atoms with Crippen LogP contribution in [0.15, 0.2) is 61.7 Å². The van der Waals surface area contributed by atoms with Crippen molar-refractivity contribution >= 4 is 8.32 Å². The average Bonchev–Trinajstić information content (AvgIpc) is 2.57. The highest BCUT2D eigenvalue weighted by atomic mass is 28.4. The summed E-state index contributed by atoms with van der Waals surface area (Å²) in [7, 11) is -2.01. The summed E-state index contributed by atoms with van der Waals surface area (Å²) < 4.78 is 6.62. The Morgan fingerprint density at radius 1 is 0.926 bits per heavy atom. The second-order valence-corrected chi connectivity index (χ2v) is 13.3. The summed E-state index contributed by atoms with van der Waals surface area (Å²) in [6.07, 6.45) is 5.30. The van der Waals surface area contributed by atoms with Gasteiger partial charge in [0.1, 0.15) is 11.5 Å². The van der Waals surface area contributed by atoms with E-state index in [-0.39, 0.29) is 10.8 Å². The van der Waals surface area contributed by atoms with Crippen molar-refractivity contribution < 1.29 is 9.53 Å². The summed E-state index contributed by atoms with van der Waals surface area (Å²) in [5, 5.41) is 10.7. The van der Waals surface area contributed by atoms with Crippen molar-refractivity contribution in [3.63, 3.8) is 0 Å². The number of rotatable bonds is 7. The van der Waals surface area contributed by atoms with Gasteiger partial charge in [0.15, 0.2) is 0 Å². The SMILES string of the molecule is C=CCc1ccc(O)c(-c2cc(CC=C)ccc2O[Si](C)(C)C(C)(C)C)c1. The normalized spacial score (nSPS) is 11.9. The minimum Gasteiger partial charge on any atom is -0.543 e. The summed E-state index contributed by atoms with van der Waals surface area (Å²) in [4.78, 5) is 0. The summed E-state index contributed by atoms with van der Waals surface area (Å²) >= 11 is 0. The number of hydrogen-bond acceptors (Lipinski definition) is 2. The predicted molar refractivity (Wildman–Crippen MR) is 119 cm³/mol. The molecule has 0 aliphatic rings. The lowest BCUT2D eigenvalue weighted by Gasteiger charge is -2.37. The van der Waals surface area contributed by atoms with Gasteiger partial charge in [-0.05, 0) is 66.4 Å². The topological polar surface area (TPSA) is 29.5 Å². The van der Waals surface area contributed by atoms with Crippen molar-refractivity contribution in [2.45, 2.75) is 51.7 Å². The molecule has 0 aromatic heterocycles. The van der Waals surface area contributed by atoms with Crippen LogP contribution in [0.3, 0.4) is 0 Å². The number of aromatic hydroxyl groups is 1.